The zero-order valence-electron chi connectivity index (χ0n) is 13.0. The van der Waals surface area contributed by atoms with Crippen LogP contribution in [0, 0.1) is 17.8 Å². The highest BCUT2D eigenvalue weighted by Gasteiger charge is 2.40. The van der Waals surface area contributed by atoms with E-state index in [0.29, 0.717) is 15.0 Å². The molecule has 2 bridgehead atoms. The topological polar surface area (TPSA) is 59.1 Å². The lowest BCUT2D eigenvalue weighted by Gasteiger charge is -2.15. The highest BCUT2D eigenvalue weighted by molar-refractivity contribution is 7.87. The van der Waals surface area contributed by atoms with Gasteiger partial charge in [-0.05, 0) is 56.3 Å². The molecule has 2 aliphatic rings. The molecule has 2 saturated carbocycles. The standard InChI is InChI=1S/C16H24N2O2S2/c1-2-22(20)16-18-10-14(21-16)15(19)17-9-3-4-13-11-5-6-12(13)8-7-11/h10-13H,2-9H2,1H3,(H,17,19). The van der Waals surface area contributed by atoms with Crippen LogP contribution >= 0.6 is 11.3 Å². The fourth-order valence-corrected chi connectivity index (χ4v) is 6.05. The van der Waals surface area contributed by atoms with Crippen LogP contribution in [0.15, 0.2) is 10.5 Å². The summed E-state index contributed by atoms with van der Waals surface area (Å²) >= 11 is 1.24. The van der Waals surface area contributed by atoms with Crippen LogP contribution in [0.3, 0.4) is 0 Å². The molecule has 1 N–H and O–H groups in total. The van der Waals surface area contributed by atoms with Crippen LogP contribution in [0.25, 0.3) is 0 Å². The van der Waals surface area contributed by atoms with E-state index in [2.05, 4.69) is 10.3 Å². The van der Waals surface area contributed by atoms with Crippen molar-refractivity contribution in [3.63, 3.8) is 0 Å². The Morgan fingerprint density at radius 3 is 2.68 bits per heavy atom. The van der Waals surface area contributed by atoms with Gasteiger partial charge in [0.1, 0.15) is 4.88 Å². The quantitative estimate of drug-likeness (QED) is 0.775. The fraction of sp³-hybridized carbons (Fsp3) is 0.750. The van der Waals surface area contributed by atoms with Crippen molar-refractivity contribution < 1.29 is 9.00 Å². The molecule has 1 heterocycles. The molecule has 122 valence electrons. The number of carbonyl (C=O) groups excluding carboxylic acids is 1. The third kappa shape index (κ3) is 3.43. The minimum absolute atomic E-state index is 0.0775. The molecule has 0 radical (unpaired) electrons. The fourth-order valence-electron chi connectivity index (χ4n) is 4.08. The second-order valence-corrected chi connectivity index (χ2v) is 9.31. The maximum Gasteiger partial charge on any atom is 0.263 e. The van der Waals surface area contributed by atoms with Crippen molar-refractivity contribution in [1.82, 2.24) is 10.3 Å². The molecule has 4 nitrogen and oxygen atoms in total. The first-order valence-electron chi connectivity index (χ1n) is 8.31. The summed E-state index contributed by atoms with van der Waals surface area (Å²) in [5.41, 5.74) is 0. The Hall–Kier alpha value is -0.750. The Morgan fingerprint density at radius 2 is 2.05 bits per heavy atom. The van der Waals surface area contributed by atoms with Gasteiger partial charge in [0.05, 0.1) is 17.0 Å². The number of fused-ring (bicyclic) bond motifs is 2. The van der Waals surface area contributed by atoms with Crippen molar-refractivity contribution in [2.45, 2.75) is 49.8 Å². The molecular weight excluding hydrogens is 316 g/mol. The summed E-state index contributed by atoms with van der Waals surface area (Å²) in [5, 5.41) is 2.98. The summed E-state index contributed by atoms with van der Waals surface area (Å²) in [6.07, 6.45) is 9.58. The molecule has 1 aromatic heterocycles. The summed E-state index contributed by atoms with van der Waals surface area (Å²) in [7, 11) is -1.07. The Bertz CT molecular complexity index is 538. The van der Waals surface area contributed by atoms with Crippen LogP contribution in [0.4, 0.5) is 0 Å². The average Bonchev–Trinajstić information content (AvgIpc) is 3.26. The van der Waals surface area contributed by atoms with Crippen LogP contribution < -0.4 is 5.32 Å². The second-order valence-electron chi connectivity index (χ2n) is 6.36. The zero-order chi connectivity index (χ0) is 15.5. The third-order valence-electron chi connectivity index (χ3n) is 5.19. The van der Waals surface area contributed by atoms with E-state index >= 15 is 0 Å². The van der Waals surface area contributed by atoms with Gasteiger partial charge in [-0.15, -0.1) is 11.3 Å². The van der Waals surface area contributed by atoms with Gasteiger partial charge >= 0.3 is 0 Å². The maximum absolute atomic E-state index is 12.1. The molecule has 1 atom stereocenters. The molecule has 0 aliphatic heterocycles. The number of hydrogen-bond donors (Lipinski definition) is 1. The SMILES string of the molecule is CCS(=O)c1ncc(C(=O)NCCCC2C3CCC2CC3)s1. The summed E-state index contributed by atoms with van der Waals surface area (Å²) in [5.74, 6) is 3.31. The van der Waals surface area contributed by atoms with E-state index in [1.807, 2.05) is 6.92 Å². The Morgan fingerprint density at radius 1 is 1.36 bits per heavy atom. The van der Waals surface area contributed by atoms with E-state index in [1.165, 1.54) is 43.4 Å². The van der Waals surface area contributed by atoms with Gasteiger partial charge in [0.2, 0.25) is 0 Å². The van der Waals surface area contributed by atoms with Crippen LogP contribution in [0.2, 0.25) is 0 Å². The molecule has 1 amide bonds. The molecule has 6 heteroatoms. The second kappa shape index (κ2) is 7.21. The molecule has 0 aromatic carbocycles. The van der Waals surface area contributed by atoms with Crippen LogP contribution in [0.5, 0.6) is 0 Å². The lowest BCUT2D eigenvalue weighted by Crippen LogP contribution is -2.24. The monoisotopic (exact) mass is 340 g/mol. The summed E-state index contributed by atoms with van der Waals surface area (Å²) < 4.78 is 12.2. The van der Waals surface area contributed by atoms with Crippen LogP contribution in [0.1, 0.15) is 55.1 Å². The van der Waals surface area contributed by atoms with Gasteiger partial charge in [-0.1, -0.05) is 6.92 Å². The average molecular weight is 341 g/mol. The largest absolute Gasteiger partial charge is 0.351 e. The van der Waals surface area contributed by atoms with Gasteiger partial charge in [-0.3, -0.25) is 9.00 Å². The van der Waals surface area contributed by atoms with Crippen LogP contribution in [-0.2, 0) is 10.8 Å². The minimum Gasteiger partial charge on any atom is -0.351 e. The van der Waals surface area contributed by atoms with Crippen molar-refractivity contribution in [2.75, 3.05) is 12.3 Å². The highest BCUT2D eigenvalue weighted by Crippen LogP contribution is 2.50. The molecule has 0 saturated heterocycles. The Labute approximate surface area is 138 Å². The molecule has 1 unspecified atom stereocenters. The first-order chi connectivity index (χ1) is 10.7. The highest BCUT2D eigenvalue weighted by atomic mass is 32.2. The number of carbonyl (C=O) groups is 1. The predicted molar refractivity (Wildman–Crippen MR) is 89.6 cm³/mol. The van der Waals surface area contributed by atoms with Gasteiger partial charge in [0, 0.05) is 12.3 Å². The normalized spacial score (nSPS) is 28.0. The van der Waals surface area contributed by atoms with Gasteiger partial charge < -0.3 is 5.32 Å². The number of nitrogens with zero attached hydrogens (tertiary/aromatic N) is 1. The molecule has 3 rings (SSSR count). The van der Waals surface area contributed by atoms with Gasteiger partial charge in [-0.2, -0.15) is 0 Å². The number of aromatic nitrogens is 1. The van der Waals surface area contributed by atoms with Crippen molar-refractivity contribution in [1.29, 1.82) is 0 Å². The molecule has 2 aliphatic carbocycles. The van der Waals surface area contributed by atoms with Gasteiger partial charge in [0.15, 0.2) is 4.34 Å². The number of rotatable bonds is 7. The minimum atomic E-state index is -1.07. The molecule has 1 aromatic rings. The van der Waals surface area contributed by atoms with Crippen molar-refractivity contribution in [3.8, 4) is 0 Å². The first kappa shape index (κ1) is 16.1. The van der Waals surface area contributed by atoms with Crippen LogP contribution in [-0.4, -0.2) is 27.4 Å². The van der Waals surface area contributed by atoms with E-state index in [-0.39, 0.29) is 5.91 Å². The Balaban J connectivity index is 1.41. The van der Waals surface area contributed by atoms with E-state index in [0.717, 1.165) is 30.7 Å². The van der Waals surface area contributed by atoms with E-state index in [1.54, 1.807) is 6.20 Å². The Kier molecular flexibility index (Phi) is 5.29. The maximum atomic E-state index is 12.1. The number of amides is 1. The molecule has 22 heavy (non-hydrogen) atoms. The molecular formula is C16H24N2O2S2. The van der Waals surface area contributed by atoms with E-state index in [4.69, 9.17) is 0 Å². The molecule has 2 fully saturated rings. The summed E-state index contributed by atoms with van der Waals surface area (Å²) in [6, 6.07) is 0. The summed E-state index contributed by atoms with van der Waals surface area (Å²) in [6.45, 7) is 2.59. The molecule has 0 spiro atoms. The summed E-state index contributed by atoms with van der Waals surface area (Å²) in [4.78, 5) is 16.7. The third-order valence-corrected chi connectivity index (χ3v) is 7.81. The van der Waals surface area contributed by atoms with Gasteiger partial charge in [0.25, 0.3) is 5.91 Å². The van der Waals surface area contributed by atoms with E-state index < -0.39 is 10.8 Å². The first-order valence-corrected chi connectivity index (χ1v) is 10.4. The lowest BCUT2D eigenvalue weighted by molar-refractivity contribution is 0.0956. The van der Waals surface area contributed by atoms with Crippen molar-refractivity contribution >= 4 is 28.0 Å². The number of nitrogens with one attached hydrogen (secondary N) is 1. The van der Waals surface area contributed by atoms with Gasteiger partial charge in [-0.25, -0.2) is 4.98 Å². The van der Waals surface area contributed by atoms with Crippen molar-refractivity contribution in [2.24, 2.45) is 17.8 Å². The van der Waals surface area contributed by atoms with E-state index in [9.17, 15) is 9.00 Å². The zero-order valence-corrected chi connectivity index (χ0v) is 14.7. The number of thiazole rings is 1. The predicted octanol–water partition coefficient (Wildman–Crippen LogP) is 3.22. The lowest BCUT2D eigenvalue weighted by atomic mass is 9.92. The smallest absolute Gasteiger partial charge is 0.263 e. The van der Waals surface area contributed by atoms with Crippen molar-refractivity contribution in [3.05, 3.63) is 11.1 Å². The number of hydrogen-bond acceptors (Lipinski definition) is 4.